The molecule has 0 saturated heterocycles. The number of nitriles is 1. The van der Waals surface area contributed by atoms with Crippen LogP contribution in [0.5, 0.6) is 0 Å². The fourth-order valence-corrected chi connectivity index (χ4v) is 5.88. The van der Waals surface area contributed by atoms with Gasteiger partial charge in [0, 0.05) is 48.1 Å². The van der Waals surface area contributed by atoms with Crippen LogP contribution in [0.4, 0.5) is 18.9 Å². The number of amides is 1. The van der Waals surface area contributed by atoms with E-state index >= 15 is 0 Å². The quantitative estimate of drug-likeness (QED) is 0.112. The summed E-state index contributed by atoms with van der Waals surface area (Å²) in [6.45, 7) is 4.62. The molecule has 1 aromatic heterocycles. The van der Waals surface area contributed by atoms with Gasteiger partial charge < -0.3 is 20.1 Å². The molecular formula is C35H37F3N6OS2. The number of anilines is 1. The zero-order chi connectivity index (χ0) is 34.0. The summed E-state index contributed by atoms with van der Waals surface area (Å²) >= 11 is 7.37. The molecular weight excluding hydrogens is 642 g/mol. The Morgan fingerprint density at radius 3 is 2.43 bits per heavy atom. The molecule has 4 aromatic rings. The Morgan fingerprint density at radius 1 is 1.09 bits per heavy atom. The van der Waals surface area contributed by atoms with Gasteiger partial charge in [0.05, 0.1) is 29.9 Å². The number of rotatable bonds is 13. The third-order valence-corrected chi connectivity index (χ3v) is 8.55. The first kappa shape index (κ1) is 35.5. The number of nitrogens with one attached hydrogen (secondary N) is 2. The highest BCUT2D eigenvalue weighted by Crippen LogP contribution is 2.32. The van der Waals surface area contributed by atoms with E-state index in [0.29, 0.717) is 29.9 Å². The molecule has 1 atom stereocenters. The normalized spacial score (nSPS) is 12.0. The highest BCUT2D eigenvalue weighted by atomic mass is 32.2. The number of carbonyl (C=O) groups excluding carboxylic acids is 1. The number of hydrogen-bond donors (Lipinski definition) is 2. The summed E-state index contributed by atoms with van der Waals surface area (Å²) in [6, 6.07) is 22.0. The Hall–Kier alpha value is -4.34. The molecule has 0 fully saturated rings. The number of alkyl halides is 3. The number of carbonyl (C=O) groups is 1. The molecule has 3 aromatic carbocycles. The van der Waals surface area contributed by atoms with Gasteiger partial charge in [0.2, 0.25) is 5.91 Å². The summed E-state index contributed by atoms with van der Waals surface area (Å²) in [4.78, 5) is 20.4. The molecule has 0 spiro atoms. The Labute approximate surface area is 283 Å². The molecule has 12 heteroatoms. The van der Waals surface area contributed by atoms with E-state index in [-0.39, 0.29) is 42.0 Å². The first-order valence-electron chi connectivity index (χ1n) is 15.1. The van der Waals surface area contributed by atoms with Crippen molar-refractivity contribution in [3.8, 4) is 6.07 Å². The van der Waals surface area contributed by atoms with E-state index < -0.39 is 17.8 Å². The summed E-state index contributed by atoms with van der Waals surface area (Å²) in [7, 11) is 0. The average molecular weight is 679 g/mol. The van der Waals surface area contributed by atoms with Crippen molar-refractivity contribution in [1.29, 1.82) is 5.26 Å². The summed E-state index contributed by atoms with van der Waals surface area (Å²) in [6.07, 6.45) is 1.38. The lowest BCUT2D eigenvalue weighted by atomic mass is 10.0. The Balaban J connectivity index is 1.53. The summed E-state index contributed by atoms with van der Waals surface area (Å²) in [5, 5.41) is 15.6. The standard InChI is InChI=1S/C35H37F3N6OS2/c1-24(2)16-29(41-33(45)17-30-19-40-23-44(30)20-26-10-8-25(18-39)9-11-26)22-43(21-27-6-4-5-7-32(27)35(36,37)38)34(46)42-28-12-14-31(47-3)15-13-28/h4-15,19,23-24,29H,16-17,20-22H2,1-3H3,(H,41,45)(H,42,46)/t29-/m0/s1. The second kappa shape index (κ2) is 16.5. The minimum absolute atomic E-state index is 0.0618. The van der Waals surface area contributed by atoms with Crippen molar-refractivity contribution in [3.05, 3.63) is 113 Å². The Bertz CT molecular complexity index is 1680. The van der Waals surface area contributed by atoms with Crippen LogP contribution in [0.2, 0.25) is 0 Å². The van der Waals surface area contributed by atoms with Crippen LogP contribution in [0.1, 0.15) is 48.2 Å². The molecule has 246 valence electrons. The van der Waals surface area contributed by atoms with Crippen molar-refractivity contribution in [2.45, 2.75) is 56.9 Å². The third kappa shape index (κ3) is 10.6. The van der Waals surface area contributed by atoms with Gasteiger partial charge in [0.1, 0.15) is 0 Å². The molecule has 47 heavy (non-hydrogen) atoms. The zero-order valence-electron chi connectivity index (χ0n) is 26.4. The molecule has 0 radical (unpaired) electrons. The van der Waals surface area contributed by atoms with Crippen molar-refractivity contribution >= 4 is 40.7 Å². The number of benzene rings is 3. The monoisotopic (exact) mass is 678 g/mol. The van der Waals surface area contributed by atoms with Crippen LogP contribution in [-0.4, -0.2) is 44.3 Å². The minimum atomic E-state index is -4.53. The molecule has 0 unspecified atom stereocenters. The van der Waals surface area contributed by atoms with Gasteiger partial charge in [0.15, 0.2) is 5.11 Å². The van der Waals surface area contributed by atoms with Gasteiger partial charge in [-0.3, -0.25) is 4.79 Å². The number of imidazole rings is 1. The fourth-order valence-electron chi connectivity index (χ4n) is 5.21. The number of nitrogens with zero attached hydrogens (tertiary/aromatic N) is 4. The molecule has 0 bridgehead atoms. The lowest BCUT2D eigenvalue weighted by Crippen LogP contribution is -2.47. The predicted octanol–water partition coefficient (Wildman–Crippen LogP) is 7.52. The van der Waals surface area contributed by atoms with Crippen molar-refractivity contribution < 1.29 is 18.0 Å². The van der Waals surface area contributed by atoms with Crippen molar-refractivity contribution in [3.63, 3.8) is 0 Å². The maximum absolute atomic E-state index is 14.0. The van der Waals surface area contributed by atoms with E-state index in [2.05, 4.69) is 21.7 Å². The maximum atomic E-state index is 14.0. The molecule has 1 amide bonds. The lowest BCUT2D eigenvalue weighted by Gasteiger charge is -2.32. The van der Waals surface area contributed by atoms with Crippen LogP contribution in [0, 0.1) is 17.2 Å². The van der Waals surface area contributed by atoms with Gasteiger partial charge in [-0.05, 0) is 84.4 Å². The molecule has 0 aliphatic heterocycles. The maximum Gasteiger partial charge on any atom is 0.416 e. The number of aromatic nitrogens is 2. The van der Waals surface area contributed by atoms with Crippen LogP contribution in [0.15, 0.2) is 90.2 Å². The van der Waals surface area contributed by atoms with Gasteiger partial charge in [-0.1, -0.05) is 44.2 Å². The molecule has 7 nitrogen and oxygen atoms in total. The second-order valence-electron chi connectivity index (χ2n) is 11.6. The van der Waals surface area contributed by atoms with E-state index in [1.54, 1.807) is 47.4 Å². The van der Waals surface area contributed by atoms with E-state index in [0.717, 1.165) is 16.5 Å². The van der Waals surface area contributed by atoms with Crippen LogP contribution in [0.25, 0.3) is 0 Å². The summed E-state index contributed by atoms with van der Waals surface area (Å²) in [5.41, 5.74) is 2.30. The summed E-state index contributed by atoms with van der Waals surface area (Å²) in [5.74, 6) is -0.0495. The molecule has 1 heterocycles. The SMILES string of the molecule is CSc1ccc(NC(=S)N(Cc2ccccc2C(F)(F)F)C[C@H](CC(C)C)NC(=O)Cc2cncn2Cc2ccc(C#N)cc2)cc1. The Morgan fingerprint density at radius 2 is 1.79 bits per heavy atom. The number of thiocarbonyl (C=S) groups is 1. The fraction of sp³-hybridized carbons (Fsp3) is 0.314. The molecule has 0 saturated carbocycles. The van der Waals surface area contributed by atoms with Crippen LogP contribution in [-0.2, 0) is 30.5 Å². The molecule has 4 rings (SSSR count). The van der Waals surface area contributed by atoms with Crippen LogP contribution in [0.3, 0.4) is 0 Å². The second-order valence-corrected chi connectivity index (χ2v) is 12.9. The van der Waals surface area contributed by atoms with Crippen LogP contribution < -0.4 is 10.6 Å². The van der Waals surface area contributed by atoms with Gasteiger partial charge >= 0.3 is 6.18 Å². The van der Waals surface area contributed by atoms with Crippen molar-refractivity contribution in [2.24, 2.45) is 5.92 Å². The molecule has 0 aliphatic carbocycles. The highest BCUT2D eigenvalue weighted by molar-refractivity contribution is 7.98. The van der Waals surface area contributed by atoms with Gasteiger partial charge in [-0.2, -0.15) is 18.4 Å². The zero-order valence-corrected chi connectivity index (χ0v) is 28.1. The third-order valence-electron chi connectivity index (χ3n) is 7.45. The first-order valence-corrected chi connectivity index (χ1v) is 16.7. The van der Waals surface area contributed by atoms with Gasteiger partial charge in [-0.25, -0.2) is 4.98 Å². The largest absolute Gasteiger partial charge is 0.416 e. The summed E-state index contributed by atoms with van der Waals surface area (Å²) < 4.78 is 43.8. The first-order chi connectivity index (χ1) is 22.4. The smallest absolute Gasteiger partial charge is 0.351 e. The van der Waals surface area contributed by atoms with E-state index in [1.807, 2.05) is 61.1 Å². The van der Waals surface area contributed by atoms with Crippen LogP contribution >= 0.6 is 24.0 Å². The van der Waals surface area contributed by atoms with Crippen molar-refractivity contribution in [1.82, 2.24) is 19.8 Å². The van der Waals surface area contributed by atoms with E-state index in [4.69, 9.17) is 17.5 Å². The predicted molar refractivity (Wildman–Crippen MR) is 184 cm³/mol. The topological polar surface area (TPSA) is 86.0 Å². The van der Waals surface area contributed by atoms with E-state index in [1.165, 1.54) is 12.1 Å². The van der Waals surface area contributed by atoms with Gasteiger partial charge in [-0.15, -0.1) is 11.8 Å². The lowest BCUT2D eigenvalue weighted by molar-refractivity contribution is -0.138. The van der Waals surface area contributed by atoms with Crippen molar-refractivity contribution in [2.75, 3.05) is 18.1 Å². The highest BCUT2D eigenvalue weighted by Gasteiger charge is 2.34. The van der Waals surface area contributed by atoms with E-state index in [9.17, 15) is 18.0 Å². The Kier molecular flexibility index (Phi) is 12.4. The number of thioether (sulfide) groups is 1. The molecule has 2 N–H and O–H groups in total. The minimum Gasteiger partial charge on any atom is -0.351 e. The number of hydrogen-bond acceptors (Lipinski definition) is 5. The number of halogens is 3. The molecule has 0 aliphatic rings. The average Bonchev–Trinajstić information content (AvgIpc) is 3.46. The van der Waals surface area contributed by atoms with Gasteiger partial charge in [0.25, 0.3) is 0 Å².